The minimum absolute atomic E-state index is 0.814. The summed E-state index contributed by atoms with van der Waals surface area (Å²) in [6.45, 7) is 0. The molecule has 0 aliphatic carbocycles. The maximum Gasteiger partial charge on any atom is 0.118 e. The van der Waals surface area contributed by atoms with E-state index in [2.05, 4.69) is 0 Å². The summed E-state index contributed by atoms with van der Waals surface area (Å²) in [7, 11) is 0.620. The summed E-state index contributed by atoms with van der Waals surface area (Å²) in [6.07, 6.45) is 3.68. The van der Waals surface area contributed by atoms with Crippen molar-refractivity contribution in [2.24, 2.45) is 0 Å². The number of ether oxygens (including phenoxy) is 1. The highest BCUT2D eigenvalue weighted by molar-refractivity contribution is 8.16. The van der Waals surface area contributed by atoms with Crippen molar-refractivity contribution in [3.8, 4) is 5.75 Å². The Morgan fingerprint density at radius 2 is 1.57 bits per heavy atom. The molecule has 0 fully saturated rings. The van der Waals surface area contributed by atoms with Crippen LogP contribution in [0.15, 0.2) is 58.8 Å². The van der Waals surface area contributed by atoms with E-state index < -0.39 is 10.8 Å². The van der Waals surface area contributed by atoms with Gasteiger partial charge in [-0.05, 0) is 29.5 Å². The van der Waals surface area contributed by atoms with Crippen molar-refractivity contribution in [2.75, 3.05) is 19.6 Å². The summed E-state index contributed by atoms with van der Waals surface area (Å²) >= 11 is 1.53. The summed E-state index contributed by atoms with van der Waals surface area (Å²) in [5.74, 6) is 0.814. The molecule has 0 saturated carbocycles. The highest BCUT2D eigenvalue weighted by atomic mass is 32.2. The molecule has 1 atom stereocenters. The molecule has 0 spiro atoms. The number of benzene rings is 2. The average molecular weight is 318 g/mol. The molecule has 2 rings (SSSR count). The van der Waals surface area contributed by atoms with E-state index in [0.717, 1.165) is 26.7 Å². The van der Waals surface area contributed by atoms with Crippen molar-refractivity contribution in [3.63, 3.8) is 0 Å². The van der Waals surface area contributed by atoms with Gasteiger partial charge in [0.2, 0.25) is 0 Å². The number of methoxy groups -OCH3 is 1. The van der Waals surface area contributed by atoms with Crippen molar-refractivity contribution in [1.29, 1.82) is 0 Å². The predicted octanol–water partition coefficient (Wildman–Crippen LogP) is 4.15. The first kappa shape index (κ1) is 15.9. The van der Waals surface area contributed by atoms with E-state index in [1.165, 1.54) is 11.8 Å². The molecule has 0 heterocycles. The Labute approximate surface area is 132 Å². The molecule has 0 aliphatic heterocycles. The van der Waals surface area contributed by atoms with Gasteiger partial charge < -0.3 is 4.74 Å². The van der Waals surface area contributed by atoms with E-state index in [1.54, 1.807) is 13.4 Å². The van der Waals surface area contributed by atoms with E-state index in [-0.39, 0.29) is 0 Å². The van der Waals surface area contributed by atoms with Gasteiger partial charge in [0.05, 0.1) is 22.1 Å². The summed E-state index contributed by atoms with van der Waals surface area (Å²) in [5, 5.41) is 0. The first-order valence-electron chi connectivity index (χ1n) is 6.49. The molecule has 0 aliphatic rings. The Kier molecular flexibility index (Phi) is 5.65. The SMILES string of the molecule is COc1ccc(/C(=C(/SC)S(C)=O)c2ccccc2)cc1. The first-order chi connectivity index (χ1) is 10.2. The maximum atomic E-state index is 12.1. The molecule has 110 valence electrons. The Morgan fingerprint density at radius 3 is 2.05 bits per heavy atom. The minimum Gasteiger partial charge on any atom is -0.497 e. The molecule has 0 radical (unpaired) electrons. The van der Waals surface area contributed by atoms with E-state index in [1.807, 2.05) is 60.9 Å². The Morgan fingerprint density at radius 1 is 1.00 bits per heavy atom. The third-order valence-electron chi connectivity index (χ3n) is 3.09. The van der Waals surface area contributed by atoms with Gasteiger partial charge in [0.15, 0.2) is 0 Å². The van der Waals surface area contributed by atoms with Crippen molar-refractivity contribution in [3.05, 3.63) is 70.0 Å². The van der Waals surface area contributed by atoms with Gasteiger partial charge in [0.1, 0.15) is 5.75 Å². The molecular weight excluding hydrogens is 300 g/mol. The number of hydrogen-bond acceptors (Lipinski definition) is 3. The van der Waals surface area contributed by atoms with Gasteiger partial charge in [-0.3, -0.25) is 4.21 Å². The first-order valence-corrected chi connectivity index (χ1v) is 9.27. The van der Waals surface area contributed by atoms with Crippen LogP contribution in [0.3, 0.4) is 0 Å². The third-order valence-corrected chi connectivity index (χ3v) is 5.60. The van der Waals surface area contributed by atoms with Crippen molar-refractivity contribution >= 4 is 28.1 Å². The molecule has 0 amide bonds. The maximum absolute atomic E-state index is 12.1. The molecule has 0 bridgehead atoms. The molecule has 21 heavy (non-hydrogen) atoms. The smallest absolute Gasteiger partial charge is 0.118 e. The molecule has 2 aromatic carbocycles. The van der Waals surface area contributed by atoms with Gasteiger partial charge in [0, 0.05) is 11.8 Å². The summed E-state index contributed by atoms with van der Waals surface area (Å²) in [6, 6.07) is 17.9. The Hall–Kier alpha value is -1.52. The van der Waals surface area contributed by atoms with E-state index in [0.29, 0.717) is 0 Å². The lowest BCUT2D eigenvalue weighted by molar-refractivity contribution is 0.415. The van der Waals surface area contributed by atoms with Crippen LogP contribution >= 0.6 is 11.8 Å². The normalized spacial score (nSPS) is 13.5. The summed E-state index contributed by atoms with van der Waals surface area (Å²) in [5.41, 5.74) is 3.13. The lowest BCUT2D eigenvalue weighted by Gasteiger charge is -2.13. The van der Waals surface area contributed by atoms with E-state index in [4.69, 9.17) is 4.74 Å². The molecular formula is C17H18O2S2. The van der Waals surface area contributed by atoms with Crippen LogP contribution in [0.5, 0.6) is 5.75 Å². The fourth-order valence-electron chi connectivity index (χ4n) is 2.13. The van der Waals surface area contributed by atoms with Crippen molar-refractivity contribution in [1.82, 2.24) is 0 Å². The van der Waals surface area contributed by atoms with Gasteiger partial charge in [-0.2, -0.15) is 0 Å². The van der Waals surface area contributed by atoms with Crippen LogP contribution in [0.25, 0.3) is 5.57 Å². The largest absolute Gasteiger partial charge is 0.497 e. The van der Waals surface area contributed by atoms with Crippen LogP contribution < -0.4 is 4.74 Å². The third kappa shape index (κ3) is 3.77. The standard InChI is InChI=1S/C17H18O2S2/c1-19-15-11-9-14(10-12-15)16(17(20-2)21(3)18)13-7-5-4-6-8-13/h4-12H,1-3H3/b17-16-. The number of hydrogen-bond donors (Lipinski definition) is 0. The molecule has 2 aromatic rings. The highest BCUT2D eigenvalue weighted by Crippen LogP contribution is 2.33. The number of thioether (sulfide) groups is 1. The van der Waals surface area contributed by atoms with Crippen LogP contribution in [0.1, 0.15) is 11.1 Å². The number of rotatable bonds is 5. The van der Waals surface area contributed by atoms with Crippen LogP contribution in [0.4, 0.5) is 0 Å². The van der Waals surface area contributed by atoms with Gasteiger partial charge >= 0.3 is 0 Å². The van der Waals surface area contributed by atoms with E-state index >= 15 is 0 Å². The monoisotopic (exact) mass is 318 g/mol. The minimum atomic E-state index is -1.03. The van der Waals surface area contributed by atoms with Crippen molar-refractivity contribution in [2.45, 2.75) is 0 Å². The van der Waals surface area contributed by atoms with Crippen LogP contribution in [0.2, 0.25) is 0 Å². The second kappa shape index (κ2) is 7.48. The summed E-state index contributed by atoms with van der Waals surface area (Å²) in [4.78, 5) is 0. The fourth-order valence-corrected chi connectivity index (χ4v) is 4.03. The quantitative estimate of drug-likeness (QED) is 0.828. The molecule has 0 N–H and O–H groups in total. The molecule has 2 nitrogen and oxygen atoms in total. The van der Waals surface area contributed by atoms with Crippen LogP contribution in [0, 0.1) is 0 Å². The second-order valence-corrected chi connectivity index (χ2v) is 6.81. The van der Waals surface area contributed by atoms with Gasteiger partial charge in [-0.15, -0.1) is 11.8 Å². The molecule has 1 unspecified atom stereocenters. The Balaban J connectivity index is 2.63. The second-order valence-electron chi connectivity index (χ2n) is 4.42. The fraction of sp³-hybridized carbons (Fsp3) is 0.176. The molecule has 0 aromatic heterocycles. The lowest BCUT2D eigenvalue weighted by atomic mass is 9.99. The van der Waals surface area contributed by atoms with Crippen LogP contribution in [-0.4, -0.2) is 23.8 Å². The highest BCUT2D eigenvalue weighted by Gasteiger charge is 2.14. The average Bonchev–Trinajstić information content (AvgIpc) is 2.53. The summed E-state index contributed by atoms with van der Waals surface area (Å²) < 4.78 is 18.2. The molecule has 4 heteroatoms. The molecule has 0 saturated heterocycles. The Bertz CT molecular complexity index is 646. The zero-order valence-electron chi connectivity index (χ0n) is 12.3. The van der Waals surface area contributed by atoms with Gasteiger partial charge in [-0.25, -0.2) is 0 Å². The lowest BCUT2D eigenvalue weighted by Crippen LogP contribution is -1.97. The topological polar surface area (TPSA) is 26.3 Å². The van der Waals surface area contributed by atoms with Crippen LogP contribution in [-0.2, 0) is 10.8 Å². The predicted molar refractivity (Wildman–Crippen MR) is 93.0 cm³/mol. The zero-order chi connectivity index (χ0) is 15.2. The zero-order valence-corrected chi connectivity index (χ0v) is 14.0. The van der Waals surface area contributed by atoms with Gasteiger partial charge in [0.25, 0.3) is 0 Å². The van der Waals surface area contributed by atoms with Gasteiger partial charge in [-0.1, -0.05) is 42.5 Å². The van der Waals surface area contributed by atoms with Crippen molar-refractivity contribution < 1.29 is 8.95 Å². The van der Waals surface area contributed by atoms with E-state index in [9.17, 15) is 4.21 Å².